The fourth-order valence-corrected chi connectivity index (χ4v) is 5.01. The molecule has 2 heterocycles. The highest BCUT2D eigenvalue weighted by Crippen LogP contribution is 2.37. The lowest BCUT2D eigenvalue weighted by molar-refractivity contribution is 0.614. The predicted molar refractivity (Wildman–Crippen MR) is 119 cm³/mol. The molecular weight excluding hydrogens is 451 g/mol. The summed E-state index contributed by atoms with van der Waals surface area (Å²) in [6, 6.07) is 0. The highest BCUT2D eigenvalue weighted by atomic mass is 127. The van der Waals surface area contributed by atoms with E-state index >= 15 is 0 Å². The van der Waals surface area contributed by atoms with Gasteiger partial charge in [-0.2, -0.15) is 11.8 Å². The first-order valence-corrected chi connectivity index (χ1v) is 10.5. The van der Waals surface area contributed by atoms with Crippen LogP contribution < -0.4 is 10.6 Å². The minimum atomic E-state index is 0. The van der Waals surface area contributed by atoms with Gasteiger partial charge in [-0.25, -0.2) is 4.98 Å². The van der Waals surface area contributed by atoms with E-state index in [1.54, 1.807) is 0 Å². The van der Waals surface area contributed by atoms with Gasteiger partial charge in [0.2, 0.25) is 0 Å². The van der Waals surface area contributed by atoms with Gasteiger partial charge in [0.05, 0.1) is 17.2 Å². The average molecular weight is 483 g/mol. The number of guanidine groups is 1. The summed E-state index contributed by atoms with van der Waals surface area (Å²) < 4.78 is 0.324. The molecule has 1 aliphatic rings. The maximum atomic E-state index is 4.79. The van der Waals surface area contributed by atoms with Crippen LogP contribution in [0.1, 0.15) is 49.2 Å². The number of aryl methyl sites for hydroxylation is 2. The van der Waals surface area contributed by atoms with Crippen molar-refractivity contribution in [3.05, 3.63) is 15.6 Å². The Morgan fingerprint density at radius 3 is 2.71 bits per heavy atom. The summed E-state index contributed by atoms with van der Waals surface area (Å²) in [5.41, 5.74) is 1.25. The van der Waals surface area contributed by atoms with Crippen molar-refractivity contribution in [3.8, 4) is 0 Å². The van der Waals surface area contributed by atoms with Gasteiger partial charge in [-0.3, -0.25) is 4.99 Å². The molecule has 1 aromatic rings. The summed E-state index contributed by atoms with van der Waals surface area (Å²) in [4.78, 5) is 10.9. The van der Waals surface area contributed by atoms with Crippen molar-refractivity contribution >= 4 is 53.0 Å². The number of nitrogens with one attached hydrogen (secondary N) is 2. The van der Waals surface area contributed by atoms with Crippen LogP contribution in [-0.4, -0.2) is 41.1 Å². The van der Waals surface area contributed by atoms with Crippen molar-refractivity contribution in [1.29, 1.82) is 0 Å². The zero-order chi connectivity index (χ0) is 16.7. The molecule has 24 heavy (non-hydrogen) atoms. The third-order valence-corrected chi connectivity index (χ3v) is 6.72. The van der Waals surface area contributed by atoms with Crippen LogP contribution in [0.25, 0.3) is 0 Å². The number of halogens is 1. The van der Waals surface area contributed by atoms with Crippen LogP contribution in [0.4, 0.5) is 0 Å². The number of hydrogen-bond acceptors (Lipinski definition) is 4. The smallest absolute Gasteiger partial charge is 0.191 e. The summed E-state index contributed by atoms with van der Waals surface area (Å²) in [7, 11) is 0. The Balaban J connectivity index is 0.00000288. The topological polar surface area (TPSA) is 49.3 Å². The van der Waals surface area contributed by atoms with Gasteiger partial charge in [0.15, 0.2) is 5.96 Å². The molecule has 1 atom stereocenters. The molecule has 0 radical (unpaired) electrons. The Hall–Kier alpha value is -0.0200. The van der Waals surface area contributed by atoms with Crippen molar-refractivity contribution in [3.63, 3.8) is 0 Å². The lowest BCUT2D eigenvalue weighted by atomic mass is 10.1. The van der Waals surface area contributed by atoms with Crippen molar-refractivity contribution < 1.29 is 0 Å². The van der Waals surface area contributed by atoms with Crippen LogP contribution in [0.3, 0.4) is 0 Å². The van der Waals surface area contributed by atoms with Crippen LogP contribution in [0, 0.1) is 6.92 Å². The first kappa shape index (κ1) is 22.0. The highest BCUT2D eigenvalue weighted by molar-refractivity contribution is 14.0. The third kappa shape index (κ3) is 6.71. The number of thiazole rings is 1. The van der Waals surface area contributed by atoms with Crippen LogP contribution in [0.5, 0.6) is 0 Å². The van der Waals surface area contributed by atoms with E-state index in [9.17, 15) is 0 Å². The normalized spacial score (nSPS) is 20.8. The van der Waals surface area contributed by atoms with E-state index in [1.165, 1.54) is 34.2 Å². The Bertz CT molecular complexity index is 525. The molecule has 1 aromatic heterocycles. The van der Waals surface area contributed by atoms with Crippen LogP contribution in [0.15, 0.2) is 4.99 Å². The minimum absolute atomic E-state index is 0. The Morgan fingerprint density at radius 1 is 1.33 bits per heavy atom. The molecule has 0 aromatic carbocycles. The quantitative estimate of drug-likeness (QED) is 0.350. The van der Waals surface area contributed by atoms with Gasteiger partial charge in [-0.1, -0.05) is 6.92 Å². The molecule has 7 heteroatoms. The molecule has 1 unspecified atom stereocenters. The van der Waals surface area contributed by atoms with E-state index in [-0.39, 0.29) is 24.0 Å². The molecule has 2 N–H and O–H groups in total. The van der Waals surface area contributed by atoms with E-state index in [1.807, 2.05) is 11.3 Å². The Labute approximate surface area is 172 Å². The minimum Gasteiger partial charge on any atom is -0.357 e. The Kier molecular flexibility index (Phi) is 9.96. The van der Waals surface area contributed by atoms with Gasteiger partial charge in [0.25, 0.3) is 0 Å². The standard InChI is InChI=1S/C17H30N4S2.HI/c1-5-14-13(3)23-15(21-14)8-10-19-16(18-6-2)20-12-17(4)9-7-11-22-17;/h5-12H2,1-4H3,(H2,18,19,20);1H. The molecule has 2 rings (SSSR count). The molecular formula is C17H31IN4S2. The van der Waals surface area contributed by atoms with Crippen LogP contribution >= 0.6 is 47.1 Å². The summed E-state index contributed by atoms with van der Waals surface area (Å²) in [5, 5.41) is 8.03. The zero-order valence-corrected chi connectivity index (χ0v) is 19.2. The number of aromatic nitrogens is 1. The predicted octanol–water partition coefficient (Wildman–Crippen LogP) is 4.02. The summed E-state index contributed by atoms with van der Waals surface area (Å²) in [6.45, 7) is 11.4. The van der Waals surface area contributed by atoms with E-state index < -0.39 is 0 Å². The maximum Gasteiger partial charge on any atom is 0.191 e. The van der Waals surface area contributed by atoms with Gasteiger partial charge in [-0.05, 0) is 45.8 Å². The number of rotatable bonds is 7. The first-order chi connectivity index (χ1) is 11.1. The molecule has 1 saturated heterocycles. The maximum absolute atomic E-state index is 4.79. The van der Waals surface area contributed by atoms with Gasteiger partial charge >= 0.3 is 0 Å². The molecule has 4 nitrogen and oxygen atoms in total. The molecule has 0 spiro atoms. The SMILES string of the molecule is CCNC(=NCC1(C)CCCS1)NCCc1nc(CC)c(C)s1.I. The summed E-state index contributed by atoms with van der Waals surface area (Å²) in [6.07, 6.45) is 4.58. The molecule has 0 bridgehead atoms. The number of aliphatic imine (C=N–C) groups is 1. The lowest BCUT2D eigenvalue weighted by Gasteiger charge is -2.21. The highest BCUT2D eigenvalue weighted by Gasteiger charge is 2.29. The fourth-order valence-electron chi connectivity index (χ4n) is 2.76. The molecule has 0 aliphatic carbocycles. The molecule has 1 fully saturated rings. The lowest BCUT2D eigenvalue weighted by Crippen LogP contribution is -2.39. The van der Waals surface area contributed by atoms with E-state index in [2.05, 4.69) is 50.1 Å². The van der Waals surface area contributed by atoms with E-state index in [0.29, 0.717) is 4.75 Å². The van der Waals surface area contributed by atoms with Crippen LogP contribution in [-0.2, 0) is 12.8 Å². The summed E-state index contributed by atoms with van der Waals surface area (Å²) in [5.74, 6) is 2.21. The van der Waals surface area contributed by atoms with Crippen molar-refractivity contribution in [2.75, 3.05) is 25.4 Å². The molecule has 138 valence electrons. The monoisotopic (exact) mass is 482 g/mol. The van der Waals surface area contributed by atoms with E-state index in [0.717, 1.165) is 38.4 Å². The van der Waals surface area contributed by atoms with Crippen LogP contribution in [0.2, 0.25) is 0 Å². The third-order valence-electron chi connectivity index (χ3n) is 4.12. The molecule has 0 saturated carbocycles. The average Bonchev–Trinajstić information content (AvgIpc) is 3.11. The van der Waals surface area contributed by atoms with Gasteiger partial charge in [0.1, 0.15) is 0 Å². The fraction of sp³-hybridized carbons (Fsp3) is 0.765. The number of nitrogens with zero attached hydrogens (tertiary/aromatic N) is 2. The van der Waals surface area contributed by atoms with Crippen molar-refractivity contribution in [2.24, 2.45) is 4.99 Å². The molecule has 1 aliphatic heterocycles. The second kappa shape index (κ2) is 10.9. The summed E-state index contributed by atoms with van der Waals surface area (Å²) >= 11 is 3.88. The first-order valence-electron chi connectivity index (χ1n) is 8.67. The molecule has 0 amide bonds. The number of thioether (sulfide) groups is 1. The van der Waals surface area contributed by atoms with Gasteiger partial charge < -0.3 is 10.6 Å². The van der Waals surface area contributed by atoms with Gasteiger partial charge in [-0.15, -0.1) is 35.3 Å². The Morgan fingerprint density at radius 2 is 2.12 bits per heavy atom. The van der Waals surface area contributed by atoms with Gasteiger partial charge in [0, 0.05) is 29.1 Å². The van der Waals surface area contributed by atoms with E-state index in [4.69, 9.17) is 9.98 Å². The van der Waals surface area contributed by atoms with Crippen molar-refractivity contribution in [1.82, 2.24) is 15.6 Å². The largest absolute Gasteiger partial charge is 0.357 e. The number of hydrogen-bond donors (Lipinski definition) is 2. The van der Waals surface area contributed by atoms with Crippen molar-refractivity contribution in [2.45, 2.75) is 58.1 Å². The second-order valence-electron chi connectivity index (χ2n) is 6.24. The second-order valence-corrected chi connectivity index (χ2v) is 9.21. The zero-order valence-electron chi connectivity index (χ0n) is 15.3.